The predicted molar refractivity (Wildman–Crippen MR) is 55.2 cm³/mol. The second-order valence-corrected chi connectivity index (χ2v) is 4.39. The van der Waals surface area contributed by atoms with Crippen molar-refractivity contribution in [3.63, 3.8) is 0 Å². The molecule has 1 aliphatic rings. The van der Waals surface area contributed by atoms with Gasteiger partial charge < -0.3 is 14.6 Å². The molecule has 0 aromatic rings. The Morgan fingerprint density at radius 2 is 2.07 bits per heavy atom. The Kier molecular flexibility index (Phi) is 4.35. The van der Waals surface area contributed by atoms with Crippen LogP contribution in [-0.4, -0.2) is 36.6 Å². The molecule has 0 saturated carbocycles. The third-order valence-corrected chi connectivity index (χ3v) is 3.09. The number of ether oxygens (including phenoxy) is 2. The third-order valence-electron chi connectivity index (χ3n) is 3.09. The van der Waals surface area contributed by atoms with Crippen molar-refractivity contribution >= 4 is 0 Å². The summed E-state index contributed by atoms with van der Waals surface area (Å²) in [6.07, 6.45) is -0.552. The van der Waals surface area contributed by atoms with Crippen LogP contribution in [0.3, 0.4) is 0 Å². The molecule has 0 aromatic heterocycles. The Hall–Kier alpha value is -0.120. The van der Waals surface area contributed by atoms with Gasteiger partial charge in [-0.15, -0.1) is 0 Å². The van der Waals surface area contributed by atoms with Gasteiger partial charge in [0.05, 0.1) is 12.7 Å². The molecule has 0 aromatic carbocycles. The fourth-order valence-corrected chi connectivity index (χ4v) is 1.85. The van der Waals surface area contributed by atoms with Gasteiger partial charge in [0.1, 0.15) is 12.2 Å². The highest BCUT2D eigenvalue weighted by atomic mass is 16.6. The van der Waals surface area contributed by atoms with Crippen molar-refractivity contribution < 1.29 is 14.6 Å². The fraction of sp³-hybridized carbons (Fsp3) is 1.00. The molecule has 0 amide bonds. The molecule has 0 bridgehead atoms. The average molecular weight is 202 g/mol. The molecule has 4 atom stereocenters. The number of aliphatic hydroxyl groups excluding tert-OH is 1. The maximum atomic E-state index is 9.67. The van der Waals surface area contributed by atoms with Crippen molar-refractivity contribution in [2.75, 3.05) is 13.2 Å². The van der Waals surface area contributed by atoms with E-state index in [1.165, 1.54) is 0 Å². The summed E-state index contributed by atoms with van der Waals surface area (Å²) in [5, 5.41) is 9.67. The molecule has 1 saturated heterocycles. The molecule has 0 radical (unpaired) electrons. The van der Waals surface area contributed by atoms with E-state index in [1.807, 2.05) is 6.92 Å². The molecule has 1 rings (SSSR count). The highest BCUT2D eigenvalue weighted by Crippen LogP contribution is 2.28. The third kappa shape index (κ3) is 2.47. The molecule has 1 heterocycles. The number of aliphatic hydroxyl groups is 1. The lowest BCUT2D eigenvalue weighted by atomic mass is 9.89. The second-order valence-electron chi connectivity index (χ2n) is 4.39. The molecule has 14 heavy (non-hydrogen) atoms. The van der Waals surface area contributed by atoms with Gasteiger partial charge in [-0.1, -0.05) is 20.8 Å². The molecule has 4 unspecified atom stereocenters. The van der Waals surface area contributed by atoms with E-state index in [2.05, 4.69) is 20.8 Å². The molecule has 1 fully saturated rings. The summed E-state index contributed by atoms with van der Waals surface area (Å²) in [6, 6.07) is 0. The van der Waals surface area contributed by atoms with Crippen LogP contribution in [0.25, 0.3) is 0 Å². The highest BCUT2D eigenvalue weighted by molar-refractivity contribution is 4.88. The lowest BCUT2D eigenvalue weighted by Gasteiger charge is -2.27. The first-order valence-electron chi connectivity index (χ1n) is 5.49. The predicted octanol–water partition coefficient (Wildman–Crippen LogP) is 1.44. The molecule has 1 N–H and O–H groups in total. The molecular formula is C11H22O3. The summed E-state index contributed by atoms with van der Waals surface area (Å²) in [6.45, 7) is 9.48. The SMILES string of the molecule is CCOC1C(O)COC1C(C)C(C)C. The zero-order valence-corrected chi connectivity index (χ0v) is 9.56. The fourth-order valence-electron chi connectivity index (χ4n) is 1.85. The van der Waals surface area contributed by atoms with Crippen molar-refractivity contribution in [1.82, 2.24) is 0 Å². The van der Waals surface area contributed by atoms with Gasteiger partial charge >= 0.3 is 0 Å². The zero-order chi connectivity index (χ0) is 10.7. The summed E-state index contributed by atoms with van der Waals surface area (Å²) >= 11 is 0. The maximum absolute atomic E-state index is 9.67. The molecule has 0 spiro atoms. The Balaban J connectivity index is 2.59. The maximum Gasteiger partial charge on any atom is 0.112 e. The summed E-state index contributed by atoms with van der Waals surface area (Å²) < 4.78 is 11.1. The normalized spacial score (nSPS) is 35.1. The van der Waals surface area contributed by atoms with E-state index in [1.54, 1.807) is 0 Å². The Bertz CT molecular complexity index is 170. The van der Waals surface area contributed by atoms with Crippen molar-refractivity contribution in [3.8, 4) is 0 Å². The van der Waals surface area contributed by atoms with E-state index in [-0.39, 0.29) is 12.2 Å². The van der Waals surface area contributed by atoms with E-state index in [0.29, 0.717) is 25.0 Å². The van der Waals surface area contributed by atoms with Gasteiger partial charge in [0, 0.05) is 6.61 Å². The van der Waals surface area contributed by atoms with Crippen LogP contribution in [0.5, 0.6) is 0 Å². The van der Waals surface area contributed by atoms with Gasteiger partial charge in [0.15, 0.2) is 0 Å². The second kappa shape index (κ2) is 5.10. The standard InChI is InChI=1S/C11H22O3/c1-5-13-11-9(12)6-14-10(11)8(4)7(2)3/h7-12H,5-6H2,1-4H3. The summed E-state index contributed by atoms with van der Waals surface area (Å²) in [5.74, 6) is 0.969. The number of hydrogen-bond donors (Lipinski definition) is 1. The van der Waals surface area contributed by atoms with Crippen molar-refractivity contribution in [1.29, 1.82) is 0 Å². The van der Waals surface area contributed by atoms with Gasteiger partial charge in [0.2, 0.25) is 0 Å². The zero-order valence-electron chi connectivity index (χ0n) is 9.56. The van der Waals surface area contributed by atoms with Crippen LogP contribution in [0.4, 0.5) is 0 Å². The Morgan fingerprint density at radius 1 is 1.43 bits per heavy atom. The number of hydrogen-bond acceptors (Lipinski definition) is 3. The monoisotopic (exact) mass is 202 g/mol. The minimum Gasteiger partial charge on any atom is -0.388 e. The van der Waals surface area contributed by atoms with Crippen LogP contribution >= 0.6 is 0 Å². The smallest absolute Gasteiger partial charge is 0.112 e. The van der Waals surface area contributed by atoms with Crippen LogP contribution in [0.1, 0.15) is 27.7 Å². The first-order chi connectivity index (χ1) is 6.57. The van der Waals surface area contributed by atoms with Gasteiger partial charge in [-0.05, 0) is 18.8 Å². The van der Waals surface area contributed by atoms with Crippen molar-refractivity contribution in [3.05, 3.63) is 0 Å². The summed E-state index contributed by atoms with van der Waals surface area (Å²) in [5.41, 5.74) is 0. The van der Waals surface area contributed by atoms with Crippen LogP contribution in [0.15, 0.2) is 0 Å². The summed E-state index contributed by atoms with van der Waals surface area (Å²) in [4.78, 5) is 0. The topological polar surface area (TPSA) is 38.7 Å². The first-order valence-corrected chi connectivity index (χ1v) is 5.49. The van der Waals surface area contributed by atoms with Gasteiger partial charge in [0.25, 0.3) is 0 Å². The Labute approximate surface area is 86.4 Å². The minimum absolute atomic E-state index is 0.0462. The van der Waals surface area contributed by atoms with Crippen LogP contribution in [0.2, 0.25) is 0 Å². The van der Waals surface area contributed by atoms with Gasteiger partial charge in [-0.2, -0.15) is 0 Å². The largest absolute Gasteiger partial charge is 0.388 e. The van der Waals surface area contributed by atoms with E-state index >= 15 is 0 Å². The van der Waals surface area contributed by atoms with Gasteiger partial charge in [-0.25, -0.2) is 0 Å². The van der Waals surface area contributed by atoms with Crippen molar-refractivity contribution in [2.24, 2.45) is 11.8 Å². The van der Waals surface area contributed by atoms with E-state index < -0.39 is 6.10 Å². The molecule has 3 nitrogen and oxygen atoms in total. The van der Waals surface area contributed by atoms with Crippen molar-refractivity contribution in [2.45, 2.75) is 46.0 Å². The quantitative estimate of drug-likeness (QED) is 0.749. The first kappa shape index (κ1) is 12.0. The van der Waals surface area contributed by atoms with E-state index in [9.17, 15) is 5.11 Å². The Morgan fingerprint density at radius 3 is 2.57 bits per heavy atom. The molecule has 3 heteroatoms. The molecule has 0 aliphatic carbocycles. The van der Waals surface area contributed by atoms with Crippen LogP contribution in [0, 0.1) is 11.8 Å². The van der Waals surface area contributed by atoms with Crippen LogP contribution in [-0.2, 0) is 9.47 Å². The van der Waals surface area contributed by atoms with Crippen LogP contribution < -0.4 is 0 Å². The highest BCUT2D eigenvalue weighted by Gasteiger charge is 2.40. The van der Waals surface area contributed by atoms with Gasteiger partial charge in [-0.3, -0.25) is 0 Å². The summed E-state index contributed by atoms with van der Waals surface area (Å²) in [7, 11) is 0. The lowest BCUT2D eigenvalue weighted by molar-refractivity contribution is -0.0562. The van der Waals surface area contributed by atoms with E-state index in [4.69, 9.17) is 9.47 Å². The van der Waals surface area contributed by atoms with E-state index in [0.717, 1.165) is 0 Å². The molecule has 1 aliphatic heterocycles. The lowest BCUT2D eigenvalue weighted by Crippen LogP contribution is -2.38. The molecular weight excluding hydrogens is 180 g/mol. The minimum atomic E-state index is -0.457. The number of rotatable bonds is 4. The molecule has 84 valence electrons. The average Bonchev–Trinajstić information content (AvgIpc) is 2.48.